The summed E-state index contributed by atoms with van der Waals surface area (Å²) in [5, 5.41) is 0.985. The van der Waals surface area contributed by atoms with E-state index >= 15 is 0 Å². The Balaban J connectivity index is 1.84. The molecule has 5 heteroatoms. The average molecular weight is 285 g/mol. The number of para-hydroxylation sites is 1. The second-order valence-electron chi connectivity index (χ2n) is 5.47. The summed E-state index contributed by atoms with van der Waals surface area (Å²) in [6.45, 7) is 4.00. The maximum Gasteiger partial charge on any atom is 0.256 e. The number of nitrogens with zero attached hydrogens (tertiary/aromatic N) is 3. The van der Waals surface area contributed by atoms with Crippen LogP contribution in [0.1, 0.15) is 17.3 Å². The molecule has 2 heterocycles. The van der Waals surface area contributed by atoms with E-state index in [4.69, 9.17) is 0 Å². The van der Waals surface area contributed by atoms with Crippen LogP contribution >= 0.6 is 0 Å². The van der Waals surface area contributed by atoms with E-state index in [9.17, 15) is 9.59 Å². The molecule has 2 amide bonds. The average Bonchev–Trinajstić information content (AvgIpc) is 2.84. The van der Waals surface area contributed by atoms with E-state index < -0.39 is 0 Å². The third-order valence-electron chi connectivity index (χ3n) is 4.14. The Hall–Kier alpha value is -2.30. The van der Waals surface area contributed by atoms with Crippen LogP contribution in [0.4, 0.5) is 0 Å². The van der Waals surface area contributed by atoms with Crippen LogP contribution in [0.2, 0.25) is 0 Å². The van der Waals surface area contributed by atoms with Gasteiger partial charge in [0.15, 0.2) is 0 Å². The van der Waals surface area contributed by atoms with E-state index in [0.29, 0.717) is 26.2 Å². The molecule has 1 saturated heterocycles. The summed E-state index contributed by atoms with van der Waals surface area (Å²) in [5.41, 5.74) is 1.80. The van der Waals surface area contributed by atoms with Gasteiger partial charge in [0.1, 0.15) is 0 Å². The molecule has 110 valence electrons. The molecular weight excluding hydrogens is 266 g/mol. The molecule has 1 aliphatic rings. The Labute approximate surface area is 123 Å². The molecule has 0 unspecified atom stereocenters. The number of amides is 2. The first-order chi connectivity index (χ1) is 10.1. The molecular formula is C16H19N3O2. The predicted octanol–water partition coefficient (Wildman–Crippen LogP) is 1.48. The maximum atomic E-state index is 12.7. The topological polar surface area (TPSA) is 45.6 Å². The molecule has 0 N–H and O–H groups in total. The van der Waals surface area contributed by atoms with Gasteiger partial charge in [0.25, 0.3) is 5.91 Å². The fraction of sp³-hybridized carbons (Fsp3) is 0.375. The van der Waals surface area contributed by atoms with Crippen LogP contribution in [-0.4, -0.2) is 52.4 Å². The lowest BCUT2D eigenvalue weighted by atomic mass is 10.1. The quantitative estimate of drug-likeness (QED) is 0.797. The third-order valence-corrected chi connectivity index (χ3v) is 4.14. The van der Waals surface area contributed by atoms with Crippen LogP contribution in [-0.2, 0) is 11.8 Å². The smallest absolute Gasteiger partial charge is 0.256 e. The largest absolute Gasteiger partial charge is 0.350 e. The zero-order valence-electron chi connectivity index (χ0n) is 12.4. The number of aryl methyl sites for hydroxylation is 1. The molecule has 2 aromatic rings. The van der Waals surface area contributed by atoms with Crippen LogP contribution in [0.15, 0.2) is 30.5 Å². The van der Waals surface area contributed by atoms with E-state index in [0.717, 1.165) is 16.5 Å². The van der Waals surface area contributed by atoms with E-state index in [1.54, 1.807) is 11.8 Å². The van der Waals surface area contributed by atoms with Crippen molar-refractivity contribution in [2.75, 3.05) is 26.2 Å². The third kappa shape index (κ3) is 2.39. The number of hydrogen-bond acceptors (Lipinski definition) is 2. The number of carbonyl (C=O) groups is 2. The maximum absolute atomic E-state index is 12.7. The van der Waals surface area contributed by atoms with Gasteiger partial charge in [0.05, 0.1) is 5.56 Å². The second-order valence-corrected chi connectivity index (χ2v) is 5.47. The molecule has 1 aromatic carbocycles. The molecule has 1 fully saturated rings. The highest BCUT2D eigenvalue weighted by Crippen LogP contribution is 2.22. The van der Waals surface area contributed by atoms with Crippen molar-refractivity contribution >= 4 is 22.7 Å². The van der Waals surface area contributed by atoms with Crippen molar-refractivity contribution < 1.29 is 9.59 Å². The van der Waals surface area contributed by atoms with Gasteiger partial charge < -0.3 is 14.4 Å². The number of benzene rings is 1. The molecule has 3 rings (SSSR count). The van der Waals surface area contributed by atoms with Gasteiger partial charge >= 0.3 is 0 Å². The Morgan fingerprint density at radius 1 is 1.00 bits per heavy atom. The highest BCUT2D eigenvalue weighted by Gasteiger charge is 2.25. The summed E-state index contributed by atoms with van der Waals surface area (Å²) in [5.74, 6) is 0.127. The van der Waals surface area contributed by atoms with Gasteiger partial charge in [0.2, 0.25) is 5.91 Å². The van der Waals surface area contributed by atoms with Crippen LogP contribution in [0, 0.1) is 0 Å². The summed E-state index contributed by atoms with van der Waals surface area (Å²) < 4.78 is 1.98. The van der Waals surface area contributed by atoms with Crippen LogP contribution in [0.25, 0.3) is 10.9 Å². The van der Waals surface area contributed by atoms with Gasteiger partial charge in [0, 0.05) is 57.3 Å². The Morgan fingerprint density at radius 3 is 2.29 bits per heavy atom. The van der Waals surface area contributed by atoms with E-state index in [2.05, 4.69) is 0 Å². The summed E-state index contributed by atoms with van der Waals surface area (Å²) in [6, 6.07) is 7.92. The minimum atomic E-state index is 0.0509. The molecule has 0 saturated carbocycles. The first-order valence-electron chi connectivity index (χ1n) is 7.17. The molecule has 21 heavy (non-hydrogen) atoms. The molecule has 0 spiro atoms. The molecule has 0 bridgehead atoms. The zero-order valence-corrected chi connectivity index (χ0v) is 12.4. The predicted molar refractivity (Wildman–Crippen MR) is 81.1 cm³/mol. The highest BCUT2D eigenvalue weighted by atomic mass is 16.2. The molecule has 0 radical (unpaired) electrons. The highest BCUT2D eigenvalue weighted by molar-refractivity contribution is 6.07. The number of aromatic nitrogens is 1. The molecule has 0 aliphatic carbocycles. The zero-order chi connectivity index (χ0) is 15.0. The lowest BCUT2D eigenvalue weighted by Crippen LogP contribution is -2.50. The monoisotopic (exact) mass is 285 g/mol. The second kappa shape index (κ2) is 5.24. The number of rotatable bonds is 1. The first-order valence-corrected chi connectivity index (χ1v) is 7.17. The van der Waals surface area contributed by atoms with E-state index in [1.165, 1.54) is 0 Å². The lowest BCUT2D eigenvalue weighted by molar-refractivity contribution is -0.130. The lowest BCUT2D eigenvalue weighted by Gasteiger charge is -2.34. The van der Waals surface area contributed by atoms with E-state index in [-0.39, 0.29) is 11.8 Å². The molecule has 5 nitrogen and oxygen atoms in total. The van der Waals surface area contributed by atoms with Crippen molar-refractivity contribution in [1.29, 1.82) is 0 Å². The molecule has 0 atom stereocenters. The summed E-state index contributed by atoms with van der Waals surface area (Å²) in [7, 11) is 1.95. The van der Waals surface area contributed by atoms with E-state index in [1.807, 2.05) is 47.0 Å². The van der Waals surface area contributed by atoms with Crippen molar-refractivity contribution in [2.45, 2.75) is 6.92 Å². The van der Waals surface area contributed by atoms with Gasteiger partial charge in [-0.25, -0.2) is 0 Å². The number of fused-ring (bicyclic) bond motifs is 1. The van der Waals surface area contributed by atoms with Crippen LogP contribution in [0.3, 0.4) is 0 Å². The van der Waals surface area contributed by atoms with Gasteiger partial charge in [-0.05, 0) is 6.07 Å². The van der Waals surface area contributed by atoms with Crippen molar-refractivity contribution in [3.63, 3.8) is 0 Å². The molecule has 1 aliphatic heterocycles. The normalized spacial score (nSPS) is 15.5. The van der Waals surface area contributed by atoms with Crippen LogP contribution < -0.4 is 0 Å². The Morgan fingerprint density at radius 2 is 1.62 bits per heavy atom. The Kier molecular flexibility index (Phi) is 3.41. The van der Waals surface area contributed by atoms with Crippen LogP contribution in [0.5, 0.6) is 0 Å². The van der Waals surface area contributed by atoms with Gasteiger partial charge in [-0.2, -0.15) is 0 Å². The van der Waals surface area contributed by atoms with Crippen molar-refractivity contribution in [1.82, 2.24) is 14.4 Å². The molecule has 1 aromatic heterocycles. The summed E-state index contributed by atoms with van der Waals surface area (Å²) in [6.07, 6.45) is 1.89. The van der Waals surface area contributed by atoms with Gasteiger partial charge in [-0.3, -0.25) is 9.59 Å². The fourth-order valence-electron chi connectivity index (χ4n) is 2.91. The van der Waals surface area contributed by atoms with Gasteiger partial charge in [-0.1, -0.05) is 18.2 Å². The standard InChI is InChI=1S/C16H19N3O2/c1-12(20)18-7-9-19(10-8-18)16(21)14-11-17(2)15-6-4-3-5-13(14)15/h3-6,11H,7-10H2,1-2H3. The van der Waals surface area contributed by atoms with Crippen molar-refractivity contribution in [3.05, 3.63) is 36.0 Å². The first kappa shape index (κ1) is 13.7. The fourth-order valence-corrected chi connectivity index (χ4v) is 2.91. The summed E-state index contributed by atoms with van der Waals surface area (Å²) >= 11 is 0. The minimum absolute atomic E-state index is 0.0509. The number of hydrogen-bond donors (Lipinski definition) is 0. The SMILES string of the molecule is CC(=O)N1CCN(C(=O)c2cn(C)c3ccccc23)CC1. The van der Waals surface area contributed by atoms with Crippen molar-refractivity contribution in [3.8, 4) is 0 Å². The number of piperazine rings is 1. The minimum Gasteiger partial charge on any atom is -0.350 e. The Bertz CT molecular complexity index is 697. The van der Waals surface area contributed by atoms with Crippen molar-refractivity contribution in [2.24, 2.45) is 7.05 Å². The van der Waals surface area contributed by atoms with Gasteiger partial charge in [-0.15, -0.1) is 0 Å². The number of carbonyl (C=O) groups excluding carboxylic acids is 2. The summed E-state index contributed by atoms with van der Waals surface area (Å²) in [4.78, 5) is 27.7.